The number of imide groups is 2. The van der Waals surface area contributed by atoms with Crippen LogP contribution in [-0.4, -0.2) is 135 Å². The number of nitrogens with one attached hydrogen (secondary N) is 3. The van der Waals surface area contributed by atoms with E-state index in [0.29, 0.717) is 88.5 Å². The lowest BCUT2D eigenvalue weighted by molar-refractivity contribution is -0.137. The molecule has 3 N–H and O–H groups in total. The van der Waals surface area contributed by atoms with Gasteiger partial charge in [0.15, 0.2) is 11.6 Å². The Labute approximate surface area is 409 Å². The molecule has 20 nitrogen and oxygen atoms in total. The number of halogens is 1. The maximum atomic E-state index is 15.3. The number of piperazine rings is 1. The Morgan fingerprint density at radius 1 is 0.859 bits per heavy atom. The van der Waals surface area contributed by atoms with Gasteiger partial charge in [0.1, 0.15) is 36.2 Å². The Kier molecular flexibility index (Phi) is 16.3. The van der Waals surface area contributed by atoms with Gasteiger partial charge in [0.2, 0.25) is 17.7 Å². The number of nitrogens with zero attached hydrogens (tertiary/aromatic N) is 8. The van der Waals surface area contributed by atoms with Crippen molar-refractivity contribution in [2.75, 3.05) is 69.4 Å². The molecule has 5 heterocycles. The van der Waals surface area contributed by atoms with Crippen molar-refractivity contribution in [1.82, 2.24) is 45.2 Å². The Hall–Kier alpha value is -7.65. The molecule has 0 bridgehead atoms. The van der Waals surface area contributed by atoms with E-state index in [1.807, 2.05) is 54.9 Å². The molecule has 2 fully saturated rings. The molecule has 0 saturated carbocycles. The zero-order valence-electron chi connectivity index (χ0n) is 39.6. The molecule has 3 aromatic carbocycles. The number of hydrogen-bond donors (Lipinski definition) is 3. The number of carbonyl (C=O) groups excluding carboxylic acids is 6. The van der Waals surface area contributed by atoms with Gasteiger partial charge in [-0.25, -0.2) is 14.4 Å². The third-order valence-corrected chi connectivity index (χ3v) is 12.6. The quantitative estimate of drug-likeness (QED) is 0.0651. The molecule has 0 aliphatic carbocycles. The summed E-state index contributed by atoms with van der Waals surface area (Å²) in [7, 11) is 1.87. The molecule has 5 aromatic rings. The van der Waals surface area contributed by atoms with Crippen molar-refractivity contribution < 1.29 is 47.4 Å². The zero-order chi connectivity index (χ0) is 49.9. The minimum atomic E-state index is -1.14. The summed E-state index contributed by atoms with van der Waals surface area (Å²) in [4.78, 5) is 88.6. The van der Waals surface area contributed by atoms with Crippen molar-refractivity contribution in [3.8, 4) is 17.3 Å². The number of carbonyl (C=O) groups is 6. The molecule has 2 atom stereocenters. The molecule has 6 amide bonds. The average Bonchev–Trinajstić information content (AvgIpc) is 3.87. The molecule has 3 aliphatic rings. The summed E-state index contributed by atoms with van der Waals surface area (Å²) in [5.74, 6) is -1.67. The minimum absolute atomic E-state index is 0.00444. The molecule has 21 heteroatoms. The highest BCUT2D eigenvalue weighted by molar-refractivity contribution is 6.23. The van der Waals surface area contributed by atoms with Gasteiger partial charge in [-0.1, -0.05) is 18.2 Å². The topological polar surface area (TPSA) is 232 Å². The van der Waals surface area contributed by atoms with Crippen LogP contribution in [0.25, 0.3) is 11.5 Å². The van der Waals surface area contributed by atoms with Crippen molar-refractivity contribution in [3.05, 3.63) is 113 Å². The number of amides is 6. The van der Waals surface area contributed by atoms with Crippen LogP contribution in [0, 0.1) is 5.82 Å². The third kappa shape index (κ3) is 12.2. The van der Waals surface area contributed by atoms with Gasteiger partial charge in [0.25, 0.3) is 17.7 Å². The number of benzene rings is 3. The first-order chi connectivity index (χ1) is 34.4. The van der Waals surface area contributed by atoms with Gasteiger partial charge in [-0.15, -0.1) is 10.2 Å². The molecule has 0 radical (unpaired) electrons. The lowest BCUT2D eigenvalue weighted by Crippen LogP contribution is -2.54. The minimum Gasteiger partial charge on any atom is -0.494 e. The van der Waals surface area contributed by atoms with E-state index in [-0.39, 0.29) is 54.1 Å². The number of aromatic nitrogens is 5. The smallest absolute Gasteiger partial charge is 0.262 e. The van der Waals surface area contributed by atoms with Crippen LogP contribution in [0.5, 0.6) is 5.75 Å². The molecule has 2 saturated heterocycles. The summed E-state index contributed by atoms with van der Waals surface area (Å²) in [6.45, 7) is 5.51. The van der Waals surface area contributed by atoms with E-state index in [9.17, 15) is 28.8 Å². The number of unbranched alkanes of at least 4 members (excludes halogenated alkanes) is 2. The van der Waals surface area contributed by atoms with E-state index in [0.717, 1.165) is 47.2 Å². The Morgan fingerprint density at radius 2 is 1.61 bits per heavy atom. The standard InChI is InChI=1S/C50H56FN11O9/c1-32(55-47(65)34-8-6-9-35(26-34)53-29-43-57-58-46(59(43)2)40-16-17-52-31-54-40)33-10-12-36(13-11-33)71-25-5-3-4-22-69-23-7-24-70-30-45(64)61-20-18-60(19-21-61)42-28-38-37(27-39(42)51)49(67)62(50(38)68)41-14-15-44(63)56-48(41)66/h6,8-13,16-17,26-28,31-32,41,53H,3-5,7,14-15,18-25,29-30H2,1-2H3,(H,55,65)(H,56,63,66)/t32-,41?/m1/s1. The fraction of sp³-hybridized carbons (Fsp3) is 0.400. The zero-order valence-corrected chi connectivity index (χ0v) is 39.6. The Bertz CT molecular complexity index is 2730. The van der Waals surface area contributed by atoms with Gasteiger partial charge in [0, 0.05) is 76.9 Å². The van der Waals surface area contributed by atoms with E-state index in [4.69, 9.17) is 14.2 Å². The van der Waals surface area contributed by atoms with Crippen LogP contribution < -0.4 is 25.6 Å². The summed E-state index contributed by atoms with van der Waals surface area (Å²) in [5, 5.41) is 17.1. The van der Waals surface area contributed by atoms with Gasteiger partial charge in [-0.3, -0.25) is 39.0 Å². The number of piperidine rings is 1. The molecule has 2 aromatic heterocycles. The number of fused-ring (bicyclic) bond motifs is 1. The van der Waals surface area contributed by atoms with Crippen molar-refractivity contribution in [3.63, 3.8) is 0 Å². The van der Waals surface area contributed by atoms with E-state index >= 15 is 4.39 Å². The van der Waals surface area contributed by atoms with Gasteiger partial charge in [0.05, 0.1) is 36.0 Å². The highest BCUT2D eigenvalue weighted by atomic mass is 19.1. The fourth-order valence-electron chi connectivity index (χ4n) is 8.54. The first-order valence-electron chi connectivity index (χ1n) is 23.7. The number of hydrogen-bond acceptors (Lipinski definition) is 15. The van der Waals surface area contributed by atoms with Crippen molar-refractivity contribution >= 4 is 46.8 Å². The van der Waals surface area contributed by atoms with Gasteiger partial charge in [-0.2, -0.15) is 0 Å². The predicted molar refractivity (Wildman–Crippen MR) is 256 cm³/mol. The SMILES string of the molecule is C[C@@H](NC(=O)c1cccc(NCc2nnc(-c3ccncn3)n2C)c1)c1ccc(OCCCCCOCCCOCC(=O)N2CCN(c3cc4c(cc3F)C(=O)N(C3CCC(=O)NC3=O)C4=O)CC2)cc1. The second-order valence-electron chi connectivity index (χ2n) is 17.4. The van der Waals surface area contributed by atoms with Crippen molar-refractivity contribution in [2.24, 2.45) is 7.05 Å². The van der Waals surface area contributed by atoms with Crippen LogP contribution in [0.1, 0.15) is 94.0 Å². The van der Waals surface area contributed by atoms with Crippen LogP contribution in [-0.2, 0) is 37.4 Å². The van der Waals surface area contributed by atoms with Crippen LogP contribution in [0.4, 0.5) is 15.8 Å². The first-order valence-corrected chi connectivity index (χ1v) is 23.7. The predicted octanol–water partition coefficient (Wildman–Crippen LogP) is 4.24. The molecular formula is C50H56FN11O9. The normalized spacial score (nSPS) is 16.2. The van der Waals surface area contributed by atoms with Crippen molar-refractivity contribution in [1.29, 1.82) is 0 Å². The fourth-order valence-corrected chi connectivity index (χ4v) is 8.54. The number of anilines is 2. The second-order valence-corrected chi connectivity index (χ2v) is 17.4. The second kappa shape index (κ2) is 23.3. The summed E-state index contributed by atoms with van der Waals surface area (Å²) in [5.41, 5.74) is 2.92. The van der Waals surface area contributed by atoms with E-state index in [1.165, 1.54) is 12.4 Å². The van der Waals surface area contributed by atoms with E-state index < -0.39 is 35.5 Å². The largest absolute Gasteiger partial charge is 0.494 e. The van der Waals surface area contributed by atoms with E-state index in [2.05, 4.69) is 36.1 Å². The maximum Gasteiger partial charge on any atom is 0.262 e. The van der Waals surface area contributed by atoms with Crippen LogP contribution >= 0.6 is 0 Å². The lowest BCUT2D eigenvalue weighted by atomic mass is 10.0. The monoisotopic (exact) mass is 973 g/mol. The highest BCUT2D eigenvalue weighted by Gasteiger charge is 2.45. The third-order valence-electron chi connectivity index (χ3n) is 12.6. The number of rotatable bonds is 22. The van der Waals surface area contributed by atoms with Gasteiger partial charge < -0.3 is 39.2 Å². The van der Waals surface area contributed by atoms with Crippen LogP contribution in [0.15, 0.2) is 79.3 Å². The van der Waals surface area contributed by atoms with Crippen LogP contribution in [0.3, 0.4) is 0 Å². The molecule has 71 heavy (non-hydrogen) atoms. The summed E-state index contributed by atoms with van der Waals surface area (Å²) in [6, 6.07) is 17.7. The molecule has 8 rings (SSSR count). The Balaban J connectivity index is 0.648. The molecule has 0 spiro atoms. The highest BCUT2D eigenvalue weighted by Crippen LogP contribution is 2.33. The summed E-state index contributed by atoms with van der Waals surface area (Å²) >= 11 is 0. The molecule has 1 unspecified atom stereocenters. The van der Waals surface area contributed by atoms with Crippen molar-refractivity contribution in [2.45, 2.75) is 64.1 Å². The summed E-state index contributed by atoms with van der Waals surface area (Å²) < 4.78 is 34.5. The Morgan fingerprint density at radius 3 is 2.37 bits per heavy atom. The summed E-state index contributed by atoms with van der Waals surface area (Å²) in [6.07, 6.45) is 6.42. The van der Waals surface area contributed by atoms with Crippen LogP contribution in [0.2, 0.25) is 0 Å². The molecular weight excluding hydrogens is 918 g/mol. The average molecular weight is 974 g/mol. The molecule has 3 aliphatic heterocycles. The lowest BCUT2D eigenvalue weighted by Gasteiger charge is -2.36. The van der Waals surface area contributed by atoms with Gasteiger partial charge >= 0.3 is 0 Å². The maximum absolute atomic E-state index is 15.3. The van der Waals surface area contributed by atoms with Gasteiger partial charge in [-0.05, 0) is 93.1 Å². The number of ether oxygens (including phenoxy) is 3. The van der Waals surface area contributed by atoms with E-state index in [1.54, 1.807) is 34.2 Å². The first kappa shape index (κ1) is 49.8. The molecule has 372 valence electrons.